The van der Waals surface area contributed by atoms with Crippen molar-refractivity contribution in [2.24, 2.45) is 4.99 Å². The Labute approximate surface area is 127 Å². The van der Waals surface area contributed by atoms with Crippen molar-refractivity contribution in [1.82, 2.24) is 14.9 Å². The molecule has 0 spiro atoms. The van der Waals surface area contributed by atoms with E-state index in [2.05, 4.69) is 19.9 Å². The Balaban J connectivity index is 1.86. The molecule has 0 saturated heterocycles. The molecule has 0 bridgehead atoms. The van der Waals surface area contributed by atoms with E-state index in [1.54, 1.807) is 0 Å². The number of imidazole rings is 1. The fraction of sp³-hybridized carbons (Fsp3) is 0.267. The van der Waals surface area contributed by atoms with Crippen LogP contribution in [0, 0.1) is 11.5 Å². The van der Waals surface area contributed by atoms with E-state index in [1.165, 1.54) is 29.7 Å². The largest absolute Gasteiger partial charge is 0.328 e. The summed E-state index contributed by atoms with van der Waals surface area (Å²) in [5.74, 6) is 1.18. The second kappa shape index (κ2) is 6.02. The lowest BCUT2D eigenvalue weighted by Crippen LogP contribution is -2.12. The van der Waals surface area contributed by atoms with Crippen molar-refractivity contribution in [1.29, 1.82) is 5.26 Å². The summed E-state index contributed by atoms with van der Waals surface area (Å²) in [5, 5.41) is 11.8. The first kappa shape index (κ1) is 13.7. The zero-order valence-corrected chi connectivity index (χ0v) is 12.5. The highest BCUT2D eigenvalue weighted by molar-refractivity contribution is 8.13. The van der Waals surface area contributed by atoms with Crippen LogP contribution >= 0.6 is 11.8 Å². The standard InChI is InChI=1S/C15H15N5S/c1-21-15(18-10-16)19-12-6-4-11(5-7-12)13-9-17-14-3-2-8-20(13)14/h4-7,9H,2-3,8H2,1H3,(H,18,19). The number of aromatic nitrogens is 2. The van der Waals surface area contributed by atoms with Gasteiger partial charge in [0, 0.05) is 13.0 Å². The zero-order valence-electron chi connectivity index (χ0n) is 11.7. The minimum absolute atomic E-state index is 0.593. The van der Waals surface area contributed by atoms with Gasteiger partial charge in [-0.15, -0.1) is 0 Å². The average Bonchev–Trinajstić information content (AvgIpc) is 3.10. The smallest absolute Gasteiger partial charge is 0.183 e. The summed E-state index contributed by atoms with van der Waals surface area (Å²) < 4.78 is 2.28. The summed E-state index contributed by atoms with van der Waals surface area (Å²) in [4.78, 5) is 8.85. The minimum Gasteiger partial charge on any atom is -0.328 e. The van der Waals surface area contributed by atoms with Gasteiger partial charge in [0.2, 0.25) is 0 Å². The van der Waals surface area contributed by atoms with Gasteiger partial charge in [-0.3, -0.25) is 5.32 Å². The van der Waals surface area contributed by atoms with Crippen molar-refractivity contribution >= 4 is 22.6 Å². The Hall–Kier alpha value is -2.26. The summed E-state index contributed by atoms with van der Waals surface area (Å²) >= 11 is 1.41. The molecule has 0 fully saturated rings. The van der Waals surface area contributed by atoms with Crippen LogP contribution in [0.15, 0.2) is 35.5 Å². The number of thioether (sulfide) groups is 1. The molecule has 106 valence electrons. The number of aliphatic imine (C=N–C) groups is 1. The van der Waals surface area contributed by atoms with Crippen molar-refractivity contribution in [3.63, 3.8) is 0 Å². The van der Waals surface area contributed by atoms with Crippen LogP contribution in [0.1, 0.15) is 12.2 Å². The third-order valence-corrected chi connectivity index (χ3v) is 4.05. The van der Waals surface area contributed by atoms with Crippen LogP contribution in [0.3, 0.4) is 0 Å². The van der Waals surface area contributed by atoms with E-state index in [4.69, 9.17) is 5.26 Å². The van der Waals surface area contributed by atoms with E-state index >= 15 is 0 Å². The number of hydrogen-bond donors (Lipinski definition) is 1. The van der Waals surface area contributed by atoms with E-state index in [1.807, 2.05) is 42.9 Å². The maximum absolute atomic E-state index is 8.64. The van der Waals surface area contributed by atoms with E-state index < -0.39 is 0 Å². The number of nitrogens with one attached hydrogen (secondary N) is 1. The fourth-order valence-electron chi connectivity index (χ4n) is 2.49. The first-order chi connectivity index (χ1) is 10.3. The Morgan fingerprint density at radius 1 is 1.43 bits per heavy atom. The maximum atomic E-state index is 8.64. The molecule has 6 heteroatoms. The van der Waals surface area contributed by atoms with Gasteiger partial charge in [0.1, 0.15) is 5.82 Å². The topological polar surface area (TPSA) is 66.0 Å². The minimum atomic E-state index is 0.593. The van der Waals surface area contributed by atoms with Crippen LogP contribution < -0.4 is 5.32 Å². The summed E-state index contributed by atoms with van der Waals surface area (Å²) in [6, 6.07) is 8.01. The number of aryl methyl sites for hydroxylation is 1. The summed E-state index contributed by atoms with van der Waals surface area (Å²) in [5.41, 5.74) is 3.14. The normalized spacial score (nSPS) is 13.8. The number of amidine groups is 1. The van der Waals surface area contributed by atoms with E-state index in [-0.39, 0.29) is 0 Å². The average molecular weight is 297 g/mol. The number of hydrogen-bond acceptors (Lipinski definition) is 4. The summed E-state index contributed by atoms with van der Waals surface area (Å²) in [7, 11) is 0. The summed E-state index contributed by atoms with van der Waals surface area (Å²) in [6.45, 7) is 1.05. The number of nitrogens with zero attached hydrogens (tertiary/aromatic N) is 4. The molecule has 2 heterocycles. The second-order valence-corrected chi connectivity index (χ2v) is 5.51. The number of fused-ring (bicyclic) bond motifs is 1. The van der Waals surface area contributed by atoms with Crippen LogP contribution in [-0.4, -0.2) is 21.0 Å². The van der Waals surface area contributed by atoms with Crippen LogP contribution in [-0.2, 0) is 13.0 Å². The van der Waals surface area contributed by atoms with Crippen LogP contribution in [0.25, 0.3) is 11.3 Å². The molecule has 2 aromatic rings. The predicted octanol–water partition coefficient (Wildman–Crippen LogP) is 2.92. The Morgan fingerprint density at radius 2 is 2.24 bits per heavy atom. The Bertz CT molecular complexity index is 709. The van der Waals surface area contributed by atoms with Gasteiger partial charge in [-0.1, -0.05) is 23.9 Å². The van der Waals surface area contributed by atoms with E-state index in [0.717, 1.165) is 24.2 Å². The lowest BCUT2D eigenvalue weighted by molar-refractivity contribution is 0.756. The molecule has 0 radical (unpaired) electrons. The van der Waals surface area contributed by atoms with Crippen molar-refractivity contribution in [3.8, 4) is 17.5 Å². The van der Waals surface area contributed by atoms with Crippen LogP contribution in [0.4, 0.5) is 5.69 Å². The molecule has 0 atom stereocenters. The van der Waals surface area contributed by atoms with Gasteiger partial charge in [-0.05, 0) is 30.4 Å². The molecule has 1 aromatic carbocycles. The van der Waals surface area contributed by atoms with E-state index in [0.29, 0.717) is 5.17 Å². The molecular weight excluding hydrogens is 282 g/mol. The second-order valence-electron chi connectivity index (χ2n) is 4.72. The lowest BCUT2D eigenvalue weighted by atomic mass is 10.1. The number of nitriles is 1. The molecule has 0 amide bonds. The van der Waals surface area contributed by atoms with Crippen LogP contribution in [0.2, 0.25) is 0 Å². The predicted molar refractivity (Wildman–Crippen MR) is 85.3 cm³/mol. The molecule has 1 N–H and O–H groups in total. The van der Waals surface area contributed by atoms with Crippen molar-refractivity contribution in [3.05, 3.63) is 36.3 Å². The molecule has 1 aliphatic heterocycles. The van der Waals surface area contributed by atoms with Gasteiger partial charge in [0.05, 0.1) is 17.6 Å². The highest BCUT2D eigenvalue weighted by atomic mass is 32.2. The Kier molecular flexibility index (Phi) is 3.93. The van der Waals surface area contributed by atoms with Gasteiger partial charge < -0.3 is 4.57 Å². The maximum Gasteiger partial charge on any atom is 0.183 e. The molecule has 3 rings (SSSR count). The van der Waals surface area contributed by atoms with Gasteiger partial charge in [-0.2, -0.15) is 5.26 Å². The highest BCUT2D eigenvalue weighted by Crippen LogP contribution is 2.27. The molecule has 1 aromatic heterocycles. The first-order valence-corrected chi connectivity index (χ1v) is 7.97. The Morgan fingerprint density at radius 3 is 2.95 bits per heavy atom. The van der Waals surface area contributed by atoms with Gasteiger partial charge in [0.15, 0.2) is 11.4 Å². The zero-order chi connectivity index (χ0) is 14.7. The fourth-order valence-corrected chi connectivity index (χ4v) is 2.83. The molecule has 1 aliphatic rings. The molecule has 5 nitrogen and oxygen atoms in total. The molecular formula is C15H15N5S. The third kappa shape index (κ3) is 2.78. The lowest BCUT2D eigenvalue weighted by Gasteiger charge is -2.05. The van der Waals surface area contributed by atoms with E-state index in [9.17, 15) is 0 Å². The summed E-state index contributed by atoms with van der Waals surface area (Å²) in [6.07, 6.45) is 7.96. The highest BCUT2D eigenvalue weighted by Gasteiger charge is 2.16. The molecule has 21 heavy (non-hydrogen) atoms. The monoisotopic (exact) mass is 297 g/mol. The molecule has 0 unspecified atom stereocenters. The number of rotatable bonds is 2. The van der Waals surface area contributed by atoms with Crippen molar-refractivity contribution in [2.75, 3.05) is 6.26 Å². The molecule has 0 aliphatic carbocycles. The van der Waals surface area contributed by atoms with Gasteiger partial charge >= 0.3 is 0 Å². The SMILES string of the molecule is CSC(=Nc1ccc(-c2cnc3n2CCC3)cc1)NC#N. The van der Waals surface area contributed by atoms with Gasteiger partial charge in [0.25, 0.3) is 0 Å². The van der Waals surface area contributed by atoms with Gasteiger partial charge in [-0.25, -0.2) is 9.98 Å². The third-order valence-electron chi connectivity index (χ3n) is 3.47. The van der Waals surface area contributed by atoms with Crippen LogP contribution in [0.5, 0.6) is 0 Å². The van der Waals surface area contributed by atoms with Crippen molar-refractivity contribution in [2.45, 2.75) is 19.4 Å². The first-order valence-electron chi connectivity index (χ1n) is 6.74. The van der Waals surface area contributed by atoms with Crippen molar-refractivity contribution < 1.29 is 0 Å². The quantitative estimate of drug-likeness (QED) is 0.400. The number of benzene rings is 1. The molecule has 0 saturated carbocycles.